The van der Waals surface area contributed by atoms with Gasteiger partial charge < -0.3 is 0 Å². The first kappa shape index (κ1) is 20.6. The van der Waals surface area contributed by atoms with Crippen LogP contribution >= 0.6 is 15.9 Å². The number of carbonyl (C=O) groups excluding carboxylic acids is 2. The first-order chi connectivity index (χ1) is 15.8. The molecule has 33 heavy (non-hydrogen) atoms. The molecule has 0 N–H and O–H groups in total. The van der Waals surface area contributed by atoms with Crippen LogP contribution in [0, 0.1) is 0 Å². The molecule has 4 aromatic carbocycles. The monoisotopic (exact) mass is 497 g/mol. The van der Waals surface area contributed by atoms with E-state index in [0.29, 0.717) is 11.1 Å². The first-order valence-corrected chi connectivity index (χ1v) is 12.3. The second kappa shape index (κ2) is 6.77. The molecular formula is C29H24BrNO2. The Labute approximate surface area is 201 Å². The predicted molar refractivity (Wildman–Crippen MR) is 137 cm³/mol. The number of imide groups is 1. The molecule has 0 aromatic heterocycles. The summed E-state index contributed by atoms with van der Waals surface area (Å²) in [5.41, 5.74) is 6.96. The minimum absolute atomic E-state index is 0.227. The topological polar surface area (TPSA) is 37.4 Å². The minimum Gasteiger partial charge on any atom is -0.277 e. The zero-order valence-electron chi connectivity index (χ0n) is 19.1. The van der Waals surface area contributed by atoms with E-state index in [2.05, 4.69) is 79.2 Å². The molecule has 164 valence electrons. The maximum absolute atomic E-state index is 13.1. The summed E-state index contributed by atoms with van der Waals surface area (Å²) < 4.78 is 0. The maximum atomic E-state index is 13.1. The summed E-state index contributed by atoms with van der Waals surface area (Å²) in [6.45, 7) is 6.68. The molecule has 2 aliphatic rings. The van der Waals surface area contributed by atoms with Crippen LogP contribution in [-0.4, -0.2) is 23.8 Å². The predicted octanol–water partition coefficient (Wildman–Crippen LogP) is 7.37. The van der Waals surface area contributed by atoms with E-state index in [1.54, 1.807) is 7.05 Å². The molecule has 4 aromatic rings. The van der Waals surface area contributed by atoms with E-state index >= 15 is 0 Å². The Kier molecular flexibility index (Phi) is 4.23. The SMILES string of the molecule is CCC1(C)c2cccc3c(C(C)Br)ccc(c23)-c2ccc3c4c(ccc1c24)C(=O)N(C)C3=O. The Morgan fingerprint density at radius 1 is 0.818 bits per heavy atom. The van der Waals surface area contributed by atoms with Crippen LogP contribution in [0.15, 0.2) is 54.6 Å². The van der Waals surface area contributed by atoms with E-state index in [1.165, 1.54) is 37.9 Å². The average molecular weight is 498 g/mol. The molecule has 2 amide bonds. The van der Waals surface area contributed by atoms with Gasteiger partial charge in [-0.05, 0) is 69.5 Å². The summed E-state index contributed by atoms with van der Waals surface area (Å²) in [6, 6.07) is 19.1. The van der Waals surface area contributed by atoms with Crippen molar-refractivity contribution in [2.24, 2.45) is 0 Å². The van der Waals surface area contributed by atoms with E-state index in [4.69, 9.17) is 0 Å². The summed E-state index contributed by atoms with van der Waals surface area (Å²) >= 11 is 3.79. The van der Waals surface area contributed by atoms with Crippen LogP contribution in [0.3, 0.4) is 0 Å². The smallest absolute Gasteiger partial charge is 0.261 e. The van der Waals surface area contributed by atoms with Gasteiger partial charge in [0.05, 0.1) is 0 Å². The highest BCUT2D eigenvalue weighted by Gasteiger charge is 2.39. The van der Waals surface area contributed by atoms with Gasteiger partial charge >= 0.3 is 0 Å². The van der Waals surface area contributed by atoms with E-state index in [0.717, 1.165) is 22.8 Å². The zero-order valence-corrected chi connectivity index (χ0v) is 20.7. The summed E-state index contributed by atoms with van der Waals surface area (Å²) in [5.74, 6) is -0.463. The number of nitrogens with zero attached hydrogens (tertiary/aromatic N) is 1. The van der Waals surface area contributed by atoms with Crippen LogP contribution in [0.5, 0.6) is 0 Å². The fourth-order valence-corrected chi connectivity index (χ4v) is 6.38. The van der Waals surface area contributed by atoms with Crippen LogP contribution in [0.1, 0.15) is 69.4 Å². The summed E-state index contributed by atoms with van der Waals surface area (Å²) in [5, 5.41) is 4.36. The molecular weight excluding hydrogens is 474 g/mol. The number of hydrogen-bond donors (Lipinski definition) is 0. The lowest BCUT2D eigenvalue weighted by atomic mass is 9.71. The molecule has 0 saturated heterocycles. The Hall–Kier alpha value is -2.98. The van der Waals surface area contributed by atoms with Crippen molar-refractivity contribution in [3.8, 4) is 11.1 Å². The lowest BCUT2D eigenvalue weighted by Crippen LogP contribution is -2.37. The van der Waals surface area contributed by atoms with Gasteiger partial charge in [0.15, 0.2) is 0 Å². The number of alkyl halides is 1. The minimum atomic E-state index is -0.264. The number of rotatable bonds is 2. The number of carbonyl (C=O) groups is 2. The molecule has 4 heteroatoms. The molecule has 0 radical (unpaired) electrons. The quantitative estimate of drug-likeness (QED) is 0.214. The van der Waals surface area contributed by atoms with Gasteiger partial charge in [-0.3, -0.25) is 14.5 Å². The van der Waals surface area contributed by atoms with Gasteiger partial charge in [-0.25, -0.2) is 0 Å². The van der Waals surface area contributed by atoms with Gasteiger partial charge in [0, 0.05) is 33.8 Å². The van der Waals surface area contributed by atoms with Crippen molar-refractivity contribution >= 4 is 49.3 Å². The summed E-state index contributed by atoms with van der Waals surface area (Å²) in [6.07, 6.45) is 0.902. The van der Waals surface area contributed by atoms with Gasteiger partial charge in [0.1, 0.15) is 0 Å². The maximum Gasteiger partial charge on any atom is 0.261 e. The molecule has 2 unspecified atom stereocenters. The highest BCUT2D eigenvalue weighted by atomic mass is 79.9. The third kappa shape index (κ3) is 2.45. The first-order valence-electron chi connectivity index (χ1n) is 11.4. The molecule has 3 nitrogen and oxygen atoms in total. The lowest BCUT2D eigenvalue weighted by molar-refractivity contribution is 0.0650. The van der Waals surface area contributed by atoms with Gasteiger partial charge in [0.2, 0.25) is 0 Å². The van der Waals surface area contributed by atoms with Gasteiger partial charge in [-0.2, -0.15) is 0 Å². The third-order valence-corrected chi connectivity index (χ3v) is 8.41. The van der Waals surface area contributed by atoms with E-state index in [9.17, 15) is 9.59 Å². The Morgan fingerprint density at radius 3 is 2.06 bits per heavy atom. The van der Waals surface area contributed by atoms with Crippen LogP contribution in [0.2, 0.25) is 0 Å². The highest BCUT2D eigenvalue weighted by Crippen LogP contribution is 2.52. The van der Waals surface area contributed by atoms with Crippen LogP contribution in [0.25, 0.3) is 32.7 Å². The molecule has 1 heterocycles. The highest BCUT2D eigenvalue weighted by molar-refractivity contribution is 9.09. The Bertz CT molecular complexity index is 1530. The molecule has 1 aliphatic heterocycles. The Balaban J connectivity index is 1.88. The third-order valence-electron chi connectivity index (χ3n) is 7.92. The number of halogens is 1. The number of fused-ring (bicyclic) bond motifs is 1. The number of hydrogen-bond acceptors (Lipinski definition) is 2. The Morgan fingerprint density at radius 2 is 1.39 bits per heavy atom. The molecule has 2 atom stereocenters. The second-order valence-electron chi connectivity index (χ2n) is 9.47. The van der Waals surface area contributed by atoms with Crippen molar-refractivity contribution in [2.45, 2.75) is 37.4 Å². The van der Waals surface area contributed by atoms with Crippen LogP contribution in [0.4, 0.5) is 0 Å². The number of benzene rings is 4. The standard InChI is InChI=1S/C29H24BrNO2/c1-5-29(3)22-8-6-7-17-16(15(2)30)9-10-18(24(17)22)19-11-12-20-25-21(13-14-23(29)26(19)25)28(33)31(4)27(20)32/h6-15H,5H2,1-4H3. The van der Waals surface area contributed by atoms with Crippen molar-refractivity contribution in [2.75, 3.05) is 7.05 Å². The molecule has 6 rings (SSSR count). The van der Waals surface area contributed by atoms with Crippen molar-refractivity contribution < 1.29 is 9.59 Å². The van der Waals surface area contributed by atoms with Crippen molar-refractivity contribution in [3.63, 3.8) is 0 Å². The zero-order chi connectivity index (χ0) is 23.2. The summed E-state index contributed by atoms with van der Waals surface area (Å²) in [7, 11) is 1.56. The molecule has 0 fully saturated rings. The lowest BCUT2D eigenvalue weighted by Gasteiger charge is -2.33. The summed E-state index contributed by atoms with van der Waals surface area (Å²) in [4.78, 5) is 27.6. The molecule has 0 saturated carbocycles. The van der Waals surface area contributed by atoms with Crippen molar-refractivity contribution in [1.82, 2.24) is 4.90 Å². The second-order valence-corrected chi connectivity index (χ2v) is 10.8. The average Bonchev–Trinajstić information content (AvgIpc) is 2.92. The van der Waals surface area contributed by atoms with Gasteiger partial charge in [-0.1, -0.05) is 72.2 Å². The molecule has 1 aliphatic carbocycles. The van der Waals surface area contributed by atoms with Crippen LogP contribution in [-0.2, 0) is 5.41 Å². The van der Waals surface area contributed by atoms with Crippen molar-refractivity contribution in [1.29, 1.82) is 0 Å². The number of amides is 2. The van der Waals surface area contributed by atoms with E-state index < -0.39 is 0 Å². The fraction of sp³-hybridized carbons (Fsp3) is 0.241. The molecule has 0 bridgehead atoms. The van der Waals surface area contributed by atoms with Gasteiger partial charge in [0.25, 0.3) is 11.8 Å². The largest absolute Gasteiger partial charge is 0.277 e. The van der Waals surface area contributed by atoms with Gasteiger partial charge in [-0.15, -0.1) is 0 Å². The normalized spacial score (nSPS) is 19.8. The molecule has 0 spiro atoms. The van der Waals surface area contributed by atoms with Crippen LogP contribution < -0.4 is 0 Å². The van der Waals surface area contributed by atoms with E-state index in [1.807, 2.05) is 12.1 Å². The van der Waals surface area contributed by atoms with Crippen molar-refractivity contribution in [3.05, 3.63) is 82.4 Å². The van der Waals surface area contributed by atoms with E-state index in [-0.39, 0.29) is 22.1 Å². The fourth-order valence-electron chi connectivity index (χ4n) is 5.98.